The van der Waals surface area contributed by atoms with Crippen LogP contribution in [0.25, 0.3) is 0 Å². The molecular formula is C22H36N4O2S. The Morgan fingerprint density at radius 2 is 1.62 bits per heavy atom. The third-order valence-electron chi connectivity index (χ3n) is 4.93. The highest BCUT2D eigenvalue weighted by Crippen LogP contribution is 2.15. The predicted molar refractivity (Wildman–Crippen MR) is 120 cm³/mol. The van der Waals surface area contributed by atoms with Gasteiger partial charge in [0.2, 0.25) is 11.8 Å². The van der Waals surface area contributed by atoms with Gasteiger partial charge in [-0.15, -0.1) is 11.8 Å². The lowest BCUT2D eigenvalue weighted by molar-refractivity contribution is -0.131. The van der Waals surface area contributed by atoms with Crippen molar-refractivity contribution < 1.29 is 9.59 Å². The summed E-state index contributed by atoms with van der Waals surface area (Å²) in [5.74, 6) is 0.201. The molecule has 0 bridgehead atoms. The average molecular weight is 421 g/mol. The van der Waals surface area contributed by atoms with Gasteiger partial charge in [0.1, 0.15) is 0 Å². The van der Waals surface area contributed by atoms with Gasteiger partial charge < -0.3 is 10.2 Å². The van der Waals surface area contributed by atoms with Gasteiger partial charge in [-0.25, -0.2) is 0 Å². The largest absolute Gasteiger partial charge is 0.350 e. The standard InChI is InChI=1S/C22H36N4O2S/c1-22(2,3)23-20(27)16-25-11-6-12-26(14-13-25)17-21(28)24(4)15-18-7-9-19(29-5)10-8-18/h7-10H,6,11-17H2,1-5H3,(H,23,27). The molecule has 1 aromatic carbocycles. The van der Waals surface area contributed by atoms with E-state index in [1.54, 1.807) is 16.7 Å². The minimum Gasteiger partial charge on any atom is -0.350 e. The molecule has 0 spiro atoms. The van der Waals surface area contributed by atoms with Crippen molar-refractivity contribution in [1.29, 1.82) is 0 Å². The molecular weight excluding hydrogens is 384 g/mol. The number of hydrogen-bond donors (Lipinski definition) is 1. The number of carbonyl (C=O) groups excluding carboxylic acids is 2. The van der Waals surface area contributed by atoms with Gasteiger partial charge in [0.15, 0.2) is 0 Å². The number of nitrogens with one attached hydrogen (secondary N) is 1. The summed E-state index contributed by atoms with van der Waals surface area (Å²) in [6.07, 6.45) is 3.03. The first-order chi connectivity index (χ1) is 13.7. The van der Waals surface area contributed by atoms with Crippen molar-refractivity contribution in [3.63, 3.8) is 0 Å². The van der Waals surface area contributed by atoms with Gasteiger partial charge in [-0.3, -0.25) is 19.4 Å². The molecule has 0 aliphatic carbocycles. The highest BCUT2D eigenvalue weighted by molar-refractivity contribution is 7.98. The average Bonchev–Trinajstić information content (AvgIpc) is 2.85. The molecule has 1 saturated heterocycles. The van der Waals surface area contributed by atoms with E-state index in [9.17, 15) is 9.59 Å². The van der Waals surface area contributed by atoms with Gasteiger partial charge in [0, 0.05) is 37.1 Å². The molecule has 0 radical (unpaired) electrons. The van der Waals surface area contributed by atoms with Crippen molar-refractivity contribution in [2.45, 2.75) is 44.2 Å². The van der Waals surface area contributed by atoms with Crippen LogP contribution < -0.4 is 5.32 Å². The Balaban J connectivity index is 1.78. The van der Waals surface area contributed by atoms with Crippen LogP contribution in [0.3, 0.4) is 0 Å². The number of carbonyl (C=O) groups is 2. The summed E-state index contributed by atoms with van der Waals surface area (Å²) in [7, 11) is 1.87. The summed E-state index contributed by atoms with van der Waals surface area (Å²) in [4.78, 5) is 32.3. The summed E-state index contributed by atoms with van der Waals surface area (Å²) < 4.78 is 0. The Kier molecular flexibility index (Phi) is 8.99. The molecule has 1 fully saturated rings. The molecule has 2 rings (SSSR count). The fourth-order valence-corrected chi connectivity index (χ4v) is 3.81. The van der Waals surface area contributed by atoms with Crippen molar-refractivity contribution in [1.82, 2.24) is 20.0 Å². The van der Waals surface area contributed by atoms with Crippen molar-refractivity contribution in [3.8, 4) is 0 Å². The Labute approximate surface area is 180 Å². The van der Waals surface area contributed by atoms with E-state index in [1.807, 2.05) is 27.8 Å². The summed E-state index contributed by atoms with van der Waals surface area (Å²) in [5, 5.41) is 3.02. The van der Waals surface area contributed by atoms with Gasteiger partial charge in [-0.1, -0.05) is 12.1 Å². The van der Waals surface area contributed by atoms with Crippen LogP contribution in [0.4, 0.5) is 0 Å². The highest BCUT2D eigenvalue weighted by Gasteiger charge is 2.21. The van der Waals surface area contributed by atoms with Gasteiger partial charge >= 0.3 is 0 Å². The number of likely N-dealkylation sites (N-methyl/N-ethyl adjacent to an activating group) is 1. The Bertz CT molecular complexity index is 672. The highest BCUT2D eigenvalue weighted by atomic mass is 32.2. The van der Waals surface area contributed by atoms with E-state index in [0.717, 1.165) is 38.2 Å². The van der Waals surface area contributed by atoms with E-state index in [1.165, 1.54) is 4.90 Å². The topological polar surface area (TPSA) is 55.9 Å². The molecule has 7 heteroatoms. The van der Waals surface area contributed by atoms with Crippen LogP contribution >= 0.6 is 11.8 Å². The molecule has 1 N–H and O–H groups in total. The zero-order chi connectivity index (χ0) is 21.4. The number of hydrogen-bond acceptors (Lipinski definition) is 5. The predicted octanol–water partition coefficient (Wildman–Crippen LogP) is 2.29. The molecule has 2 amide bonds. The summed E-state index contributed by atoms with van der Waals surface area (Å²) in [6.45, 7) is 10.9. The van der Waals surface area contributed by atoms with Crippen LogP contribution in [-0.4, -0.2) is 84.6 Å². The van der Waals surface area contributed by atoms with Crippen LogP contribution in [0.1, 0.15) is 32.8 Å². The molecule has 0 saturated carbocycles. The number of thioether (sulfide) groups is 1. The second-order valence-electron chi connectivity index (χ2n) is 8.80. The van der Waals surface area contributed by atoms with E-state index in [4.69, 9.17) is 0 Å². The van der Waals surface area contributed by atoms with E-state index in [2.05, 4.69) is 45.6 Å². The zero-order valence-corrected chi connectivity index (χ0v) is 19.3. The van der Waals surface area contributed by atoms with E-state index >= 15 is 0 Å². The van der Waals surface area contributed by atoms with Gasteiger partial charge in [-0.05, 0) is 64.2 Å². The van der Waals surface area contributed by atoms with Crippen LogP contribution in [0.5, 0.6) is 0 Å². The number of nitrogens with zero attached hydrogens (tertiary/aromatic N) is 3. The molecule has 1 aliphatic rings. The third kappa shape index (κ3) is 8.76. The second-order valence-corrected chi connectivity index (χ2v) is 9.68. The molecule has 6 nitrogen and oxygen atoms in total. The fraction of sp³-hybridized carbons (Fsp3) is 0.636. The number of rotatable bonds is 7. The molecule has 1 heterocycles. The smallest absolute Gasteiger partial charge is 0.236 e. The van der Waals surface area contributed by atoms with Crippen molar-refractivity contribution >= 4 is 23.6 Å². The lowest BCUT2D eigenvalue weighted by atomic mass is 10.1. The molecule has 0 aromatic heterocycles. The van der Waals surface area contributed by atoms with Crippen molar-refractivity contribution in [3.05, 3.63) is 29.8 Å². The van der Waals surface area contributed by atoms with Crippen LogP contribution in [0.15, 0.2) is 29.2 Å². The summed E-state index contributed by atoms with van der Waals surface area (Å²) in [5.41, 5.74) is 0.937. The first-order valence-electron chi connectivity index (χ1n) is 10.3. The van der Waals surface area contributed by atoms with Crippen molar-refractivity contribution in [2.24, 2.45) is 0 Å². The quantitative estimate of drug-likeness (QED) is 0.686. The van der Waals surface area contributed by atoms with Crippen LogP contribution in [0, 0.1) is 0 Å². The number of amides is 2. The first kappa shape index (κ1) is 23.7. The monoisotopic (exact) mass is 420 g/mol. The first-order valence-corrected chi connectivity index (χ1v) is 11.5. The second kappa shape index (κ2) is 11.0. The molecule has 29 heavy (non-hydrogen) atoms. The van der Waals surface area contributed by atoms with E-state index in [0.29, 0.717) is 19.6 Å². The maximum absolute atomic E-state index is 12.7. The Morgan fingerprint density at radius 3 is 2.17 bits per heavy atom. The van der Waals surface area contributed by atoms with Crippen molar-refractivity contribution in [2.75, 3.05) is 52.6 Å². The van der Waals surface area contributed by atoms with Gasteiger partial charge in [-0.2, -0.15) is 0 Å². The lowest BCUT2D eigenvalue weighted by Gasteiger charge is -2.25. The van der Waals surface area contributed by atoms with E-state index < -0.39 is 0 Å². The molecule has 0 unspecified atom stereocenters. The lowest BCUT2D eigenvalue weighted by Crippen LogP contribution is -2.46. The molecule has 162 valence electrons. The zero-order valence-electron chi connectivity index (χ0n) is 18.5. The molecule has 1 aliphatic heterocycles. The minimum absolute atomic E-state index is 0.0641. The summed E-state index contributed by atoms with van der Waals surface area (Å²) in [6, 6.07) is 8.36. The Hall–Kier alpha value is -1.57. The maximum Gasteiger partial charge on any atom is 0.236 e. The Morgan fingerprint density at radius 1 is 1.03 bits per heavy atom. The normalized spacial score (nSPS) is 16.3. The van der Waals surface area contributed by atoms with Crippen LogP contribution in [0.2, 0.25) is 0 Å². The third-order valence-corrected chi connectivity index (χ3v) is 5.67. The van der Waals surface area contributed by atoms with Gasteiger partial charge in [0.05, 0.1) is 13.1 Å². The molecule has 1 aromatic rings. The van der Waals surface area contributed by atoms with E-state index in [-0.39, 0.29) is 17.4 Å². The summed E-state index contributed by atoms with van der Waals surface area (Å²) >= 11 is 1.72. The minimum atomic E-state index is -0.207. The SMILES string of the molecule is CSc1ccc(CN(C)C(=O)CN2CCCN(CC(=O)NC(C)(C)C)CC2)cc1. The number of benzene rings is 1. The van der Waals surface area contributed by atoms with Gasteiger partial charge in [0.25, 0.3) is 0 Å². The fourth-order valence-electron chi connectivity index (χ4n) is 3.41. The van der Waals surface area contributed by atoms with Crippen LogP contribution in [-0.2, 0) is 16.1 Å². The molecule has 0 atom stereocenters. The maximum atomic E-state index is 12.7.